The number of hydrogen-bond acceptors (Lipinski definition) is 4. The quantitative estimate of drug-likeness (QED) is 0.526. The Morgan fingerprint density at radius 2 is 1.72 bits per heavy atom. The van der Waals surface area contributed by atoms with Crippen molar-refractivity contribution in [2.24, 2.45) is 0 Å². The van der Waals surface area contributed by atoms with E-state index in [9.17, 15) is 9.18 Å². The van der Waals surface area contributed by atoms with Gasteiger partial charge < -0.3 is 19.1 Å². The number of nitrogens with zero attached hydrogens (tertiary/aromatic N) is 1. The van der Waals surface area contributed by atoms with Crippen LogP contribution in [0.3, 0.4) is 0 Å². The minimum absolute atomic E-state index is 0.188. The fourth-order valence-corrected chi connectivity index (χ4v) is 4.16. The molecular formula is C26H26FNO4. The Balaban J connectivity index is 1.67. The van der Waals surface area contributed by atoms with Gasteiger partial charge >= 0.3 is 0 Å². The van der Waals surface area contributed by atoms with Gasteiger partial charge in [-0.2, -0.15) is 0 Å². The van der Waals surface area contributed by atoms with Crippen LogP contribution in [0.15, 0.2) is 54.6 Å². The van der Waals surface area contributed by atoms with E-state index in [0.717, 1.165) is 35.2 Å². The molecule has 0 unspecified atom stereocenters. The van der Waals surface area contributed by atoms with E-state index >= 15 is 0 Å². The zero-order valence-corrected chi connectivity index (χ0v) is 18.5. The van der Waals surface area contributed by atoms with Gasteiger partial charge in [0.05, 0.1) is 19.9 Å². The van der Waals surface area contributed by atoms with Gasteiger partial charge in [-0.25, -0.2) is 4.39 Å². The molecule has 0 fully saturated rings. The zero-order chi connectivity index (χ0) is 22.7. The molecule has 32 heavy (non-hydrogen) atoms. The molecule has 1 aliphatic heterocycles. The van der Waals surface area contributed by atoms with Crippen LogP contribution >= 0.6 is 0 Å². The van der Waals surface area contributed by atoms with Crippen molar-refractivity contribution in [2.75, 3.05) is 25.7 Å². The normalized spacial score (nSPS) is 12.8. The Morgan fingerprint density at radius 3 is 2.38 bits per heavy atom. The third kappa shape index (κ3) is 4.26. The molecule has 0 aliphatic carbocycles. The smallest absolute Gasteiger partial charge is 0.258 e. The Bertz CT molecular complexity index is 1110. The maximum Gasteiger partial charge on any atom is 0.258 e. The molecule has 3 aromatic rings. The van der Waals surface area contributed by atoms with Crippen LogP contribution in [-0.2, 0) is 13.0 Å². The van der Waals surface area contributed by atoms with Crippen molar-refractivity contribution in [1.82, 2.24) is 0 Å². The highest BCUT2D eigenvalue weighted by Crippen LogP contribution is 2.40. The number of hydrogen-bond donors (Lipinski definition) is 0. The summed E-state index contributed by atoms with van der Waals surface area (Å²) in [4.78, 5) is 15.2. The lowest BCUT2D eigenvalue weighted by Gasteiger charge is -2.31. The summed E-state index contributed by atoms with van der Waals surface area (Å²) in [5.41, 5.74) is 3.80. The van der Waals surface area contributed by atoms with Crippen LogP contribution < -0.4 is 19.1 Å². The second-order valence-corrected chi connectivity index (χ2v) is 7.77. The van der Waals surface area contributed by atoms with E-state index in [-0.39, 0.29) is 11.7 Å². The number of benzene rings is 3. The lowest BCUT2D eigenvalue weighted by Crippen LogP contribution is -2.36. The predicted molar refractivity (Wildman–Crippen MR) is 121 cm³/mol. The standard InChI is InChI=1S/C26H26FNO4/c1-17-12-21(27)13-19-10-7-11-28(24(17)19)26(29)20-14-22(30-2)25(23(15-20)31-3)32-16-18-8-5-4-6-9-18/h4-6,8-9,12-15H,7,10-11,16H2,1-3H3. The summed E-state index contributed by atoms with van der Waals surface area (Å²) >= 11 is 0. The van der Waals surface area contributed by atoms with E-state index in [1.54, 1.807) is 17.0 Å². The first-order valence-electron chi connectivity index (χ1n) is 10.6. The van der Waals surface area contributed by atoms with Crippen molar-refractivity contribution in [1.29, 1.82) is 0 Å². The van der Waals surface area contributed by atoms with Gasteiger partial charge in [0.1, 0.15) is 12.4 Å². The summed E-state index contributed by atoms with van der Waals surface area (Å²) in [6.45, 7) is 2.73. The molecule has 0 aromatic heterocycles. The van der Waals surface area contributed by atoms with E-state index < -0.39 is 0 Å². The Morgan fingerprint density at radius 1 is 1.03 bits per heavy atom. The van der Waals surface area contributed by atoms with Crippen LogP contribution in [0.25, 0.3) is 0 Å². The van der Waals surface area contributed by atoms with E-state index in [1.165, 1.54) is 26.4 Å². The molecule has 4 rings (SSSR count). The summed E-state index contributed by atoms with van der Waals surface area (Å²) < 4.78 is 31.0. The SMILES string of the molecule is COc1cc(C(=O)N2CCCc3cc(F)cc(C)c32)cc(OC)c1OCc1ccccc1. The second-order valence-electron chi connectivity index (χ2n) is 7.77. The minimum Gasteiger partial charge on any atom is -0.493 e. The molecule has 1 amide bonds. The van der Waals surface area contributed by atoms with Crippen molar-refractivity contribution in [3.63, 3.8) is 0 Å². The van der Waals surface area contributed by atoms with Crippen LogP contribution in [0.2, 0.25) is 0 Å². The third-order valence-corrected chi connectivity index (χ3v) is 5.62. The van der Waals surface area contributed by atoms with E-state index in [2.05, 4.69) is 0 Å². The molecule has 1 heterocycles. The minimum atomic E-state index is -0.279. The fourth-order valence-electron chi connectivity index (χ4n) is 4.16. The highest BCUT2D eigenvalue weighted by atomic mass is 19.1. The summed E-state index contributed by atoms with van der Waals surface area (Å²) in [6, 6.07) is 16.1. The molecular weight excluding hydrogens is 409 g/mol. The van der Waals surface area contributed by atoms with Crippen molar-refractivity contribution >= 4 is 11.6 Å². The van der Waals surface area contributed by atoms with Gasteiger partial charge in [0, 0.05) is 12.1 Å². The molecule has 0 saturated heterocycles. The number of rotatable bonds is 6. The van der Waals surface area contributed by atoms with Crippen LogP contribution in [0.5, 0.6) is 17.2 Å². The highest BCUT2D eigenvalue weighted by molar-refractivity contribution is 6.08. The molecule has 1 aliphatic rings. The monoisotopic (exact) mass is 435 g/mol. The molecule has 5 nitrogen and oxygen atoms in total. The maximum absolute atomic E-state index is 13.9. The summed E-state index contributed by atoms with van der Waals surface area (Å²) in [7, 11) is 3.06. The van der Waals surface area contributed by atoms with Gasteiger partial charge in [0.15, 0.2) is 11.5 Å². The number of aryl methyl sites for hydroxylation is 2. The average Bonchev–Trinajstić information content (AvgIpc) is 2.81. The zero-order valence-electron chi connectivity index (χ0n) is 18.5. The molecule has 0 bridgehead atoms. The van der Waals surface area contributed by atoms with Gasteiger partial charge in [0.2, 0.25) is 5.75 Å². The van der Waals surface area contributed by atoms with Crippen LogP contribution in [0.1, 0.15) is 33.5 Å². The first-order valence-corrected chi connectivity index (χ1v) is 10.6. The van der Waals surface area contributed by atoms with Crippen LogP contribution in [0, 0.1) is 12.7 Å². The predicted octanol–water partition coefficient (Wildman–Crippen LogP) is 5.32. The Hall–Kier alpha value is -3.54. The first-order chi connectivity index (χ1) is 15.5. The molecule has 0 N–H and O–H groups in total. The van der Waals surface area contributed by atoms with Crippen LogP contribution in [-0.4, -0.2) is 26.7 Å². The number of ether oxygens (including phenoxy) is 3. The lowest BCUT2D eigenvalue weighted by molar-refractivity contribution is 0.0984. The second kappa shape index (κ2) is 9.30. The van der Waals surface area contributed by atoms with E-state index in [1.807, 2.05) is 37.3 Å². The maximum atomic E-state index is 13.9. The lowest BCUT2D eigenvalue weighted by atomic mass is 9.97. The summed E-state index contributed by atoms with van der Waals surface area (Å²) in [5, 5.41) is 0. The summed E-state index contributed by atoms with van der Waals surface area (Å²) in [5.74, 6) is 0.798. The molecule has 0 saturated carbocycles. The fraction of sp³-hybridized carbons (Fsp3) is 0.269. The molecule has 166 valence electrons. The van der Waals surface area contributed by atoms with Gasteiger partial charge in [-0.15, -0.1) is 0 Å². The molecule has 0 spiro atoms. The van der Waals surface area contributed by atoms with Crippen molar-refractivity contribution in [3.05, 3.63) is 82.7 Å². The number of anilines is 1. The first kappa shape index (κ1) is 21.7. The van der Waals surface area contributed by atoms with Crippen LogP contribution in [0.4, 0.5) is 10.1 Å². The van der Waals surface area contributed by atoms with Crippen molar-refractivity contribution in [2.45, 2.75) is 26.4 Å². The molecule has 0 radical (unpaired) electrons. The number of carbonyl (C=O) groups is 1. The van der Waals surface area contributed by atoms with E-state index in [0.29, 0.717) is 36.0 Å². The largest absolute Gasteiger partial charge is 0.493 e. The van der Waals surface area contributed by atoms with Gasteiger partial charge in [0.25, 0.3) is 5.91 Å². The van der Waals surface area contributed by atoms with Gasteiger partial charge in [-0.3, -0.25) is 4.79 Å². The Labute approximate surface area is 187 Å². The third-order valence-electron chi connectivity index (χ3n) is 5.62. The molecule has 0 atom stereocenters. The summed E-state index contributed by atoms with van der Waals surface area (Å²) in [6.07, 6.45) is 1.52. The highest BCUT2D eigenvalue weighted by Gasteiger charge is 2.28. The van der Waals surface area contributed by atoms with Gasteiger partial charge in [-0.1, -0.05) is 30.3 Å². The number of carbonyl (C=O) groups excluding carboxylic acids is 1. The van der Waals surface area contributed by atoms with Crippen molar-refractivity contribution < 1.29 is 23.4 Å². The number of halogens is 1. The molecule has 6 heteroatoms. The number of methoxy groups -OCH3 is 2. The topological polar surface area (TPSA) is 48.0 Å². The van der Waals surface area contributed by atoms with Crippen molar-refractivity contribution in [3.8, 4) is 17.2 Å². The van der Waals surface area contributed by atoms with Gasteiger partial charge in [-0.05, 0) is 60.7 Å². The number of fused-ring (bicyclic) bond motifs is 1. The molecule has 3 aromatic carbocycles. The number of amides is 1. The van der Waals surface area contributed by atoms with E-state index in [4.69, 9.17) is 14.2 Å². The average molecular weight is 435 g/mol. The Kier molecular flexibility index (Phi) is 6.30.